The van der Waals surface area contributed by atoms with Crippen LogP contribution in [0, 0.1) is 17.8 Å². The van der Waals surface area contributed by atoms with Crippen LogP contribution in [0.3, 0.4) is 0 Å². The molecule has 1 spiro atoms. The van der Waals surface area contributed by atoms with Crippen molar-refractivity contribution in [1.82, 2.24) is 0 Å². The smallest absolute Gasteiger partial charge is 0.306 e. The topological polar surface area (TPSA) is 46.5 Å². The van der Waals surface area contributed by atoms with E-state index in [1.54, 1.807) is 0 Å². The Kier molecular flexibility index (Phi) is 4.61. The highest BCUT2D eigenvalue weighted by atomic mass is 32.2. The second-order valence-corrected chi connectivity index (χ2v) is 7.94. The molecule has 3 fully saturated rings. The molecule has 4 atom stereocenters. The van der Waals surface area contributed by atoms with Crippen LogP contribution in [0.15, 0.2) is 0 Å². The molecule has 4 unspecified atom stereocenters. The van der Waals surface area contributed by atoms with Crippen LogP contribution in [0.4, 0.5) is 0 Å². The second kappa shape index (κ2) is 6.27. The lowest BCUT2D eigenvalue weighted by Gasteiger charge is -2.42. The van der Waals surface area contributed by atoms with Crippen LogP contribution in [0.1, 0.15) is 51.4 Å². The Labute approximate surface area is 125 Å². The van der Waals surface area contributed by atoms with Crippen LogP contribution < -0.4 is 0 Å². The summed E-state index contributed by atoms with van der Waals surface area (Å²) >= 11 is 2.00. The largest absolute Gasteiger partial charge is 0.481 e. The van der Waals surface area contributed by atoms with E-state index in [1.807, 2.05) is 11.8 Å². The summed E-state index contributed by atoms with van der Waals surface area (Å²) < 4.78 is 6.11. The molecule has 4 heteroatoms. The molecule has 2 saturated heterocycles. The molecular weight excluding hydrogens is 272 g/mol. The van der Waals surface area contributed by atoms with Crippen LogP contribution in [0.5, 0.6) is 0 Å². The van der Waals surface area contributed by atoms with E-state index in [0.717, 1.165) is 44.5 Å². The van der Waals surface area contributed by atoms with Gasteiger partial charge in [-0.15, -0.1) is 0 Å². The fraction of sp³-hybridized carbons (Fsp3) is 0.938. The normalized spacial score (nSPS) is 42.5. The molecule has 1 N–H and O–H groups in total. The van der Waals surface area contributed by atoms with Crippen molar-refractivity contribution in [2.24, 2.45) is 17.8 Å². The van der Waals surface area contributed by atoms with Gasteiger partial charge in [0.05, 0.1) is 11.5 Å². The maximum atomic E-state index is 11.6. The number of aliphatic carboxylic acids is 1. The van der Waals surface area contributed by atoms with Gasteiger partial charge in [-0.2, -0.15) is 11.8 Å². The maximum absolute atomic E-state index is 11.6. The molecule has 20 heavy (non-hydrogen) atoms. The number of carboxylic acid groups (broad SMARTS) is 1. The number of hydrogen-bond donors (Lipinski definition) is 1. The molecule has 0 radical (unpaired) electrons. The molecule has 3 nitrogen and oxygen atoms in total. The van der Waals surface area contributed by atoms with E-state index in [4.69, 9.17) is 4.74 Å². The molecule has 2 aliphatic heterocycles. The van der Waals surface area contributed by atoms with E-state index in [0.29, 0.717) is 11.8 Å². The maximum Gasteiger partial charge on any atom is 0.306 e. The van der Waals surface area contributed by atoms with E-state index < -0.39 is 5.97 Å². The Balaban J connectivity index is 1.73. The molecule has 3 aliphatic rings. The first-order valence-electron chi connectivity index (χ1n) is 8.15. The van der Waals surface area contributed by atoms with Crippen molar-refractivity contribution >= 4 is 17.7 Å². The SMILES string of the molecule is O=C(O)C1CCCCCC1C1CCOC2(CCSC2)C1. The van der Waals surface area contributed by atoms with Crippen molar-refractivity contribution in [3.63, 3.8) is 0 Å². The van der Waals surface area contributed by atoms with Crippen molar-refractivity contribution in [2.75, 3.05) is 18.1 Å². The third-order valence-electron chi connectivity index (χ3n) is 5.59. The molecule has 0 aromatic rings. The zero-order valence-electron chi connectivity index (χ0n) is 12.2. The van der Waals surface area contributed by atoms with Gasteiger partial charge < -0.3 is 9.84 Å². The lowest BCUT2D eigenvalue weighted by Crippen LogP contribution is -2.43. The zero-order chi connectivity index (χ0) is 14.0. The predicted octanol–water partition coefficient (Wildman–Crippen LogP) is 3.57. The van der Waals surface area contributed by atoms with Gasteiger partial charge in [-0.05, 0) is 49.7 Å². The number of hydrogen-bond acceptors (Lipinski definition) is 3. The highest BCUT2D eigenvalue weighted by molar-refractivity contribution is 7.99. The summed E-state index contributed by atoms with van der Waals surface area (Å²) in [5, 5.41) is 9.59. The Morgan fingerprint density at radius 3 is 2.80 bits per heavy atom. The summed E-state index contributed by atoms with van der Waals surface area (Å²) in [4.78, 5) is 11.6. The first-order chi connectivity index (χ1) is 9.70. The highest BCUT2D eigenvalue weighted by Gasteiger charge is 2.45. The third-order valence-corrected chi connectivity index (χ3v) is 6.81. The Bertz CT molecular complexity index is 352. The van der Waals surface area contributed by atoms with E-state index in [9.17, 15) is 9.90 Å². The van der Waals surface area contributed by atoms with Gasteiger partial charge in [0.15, 0.2) is 0 Å². The van der Waals surface area contributed by atoms with Crippen LogP contribution in [0.25, 0.3) is 0 Å². The van der Waals surface area contributed by atoms with Gasteiger partial charge >= 0.3 is 5.97 Å². The predicted molar refractivity (Wildman–Crippen MR) is 81.0 cm³/mol. The van der Waals surface area contributed by atoms with Gasteiger partial charge in [0.1, 0.15) is 0 Å². The lowest BCUT2D eigenvalue weighted by molar-refractivity contribution is -0.147. The van der Waals surface area contributed by atoms with Crippen molar-refractivity contribution < 1.29 is 14.6 Å². The van der Waals surface area contributed by atoms with Crippen molar-refractivity contribution in [3.05, 3.63) is 0 Å². The summed E-state index contributed by atoms with van der Waals surface area (Å²) in [7, 11) is 0. The molecule has 3 rings (SSSR count). The lowest BCUT2D eigenvalue weighted by atomic mass is 9.71. The number of thioether (sulfide) groups is 1. The number of rotatable bonds is 2. The standard InChI is InChI=1S/C16H26O3S/c17-15(18)14-5-3-1-2-4-13(14)12-6-8-19-16(10-12)7-9-20-11-16/h12-14H,1-11H2,(H,17,18). The number of carbonyl (C=O) groups is 1. The van der Waals surface area contributed by atoms with Crippen molar-refractivity contribution in [2.45, 2.75) is 57.0 Å². The molecule has 114 valence electrons. The van der Waals surface area contributed by atoms with Gasteiger partial charge in [-0.25, -0.2) is 0 Å². The number of carboxylic acids is 1. The molecule has 0 aromatic heterocycles. The minimum Gasteiger partial charge on any atom is -0.481 e. The summed E-state index contributed by atoms with van der Waals surface area (Å²) in [6, 6.07) is 0. The monoisotopic (exact) mass is 298 g/mol. The van der Waals surface area contributed by atoms with E-state index >= 15 is 0 Å². The van der Waals surface area contributed by atoms with E-state index in [2.05, 4.69) is 0 Å². The van der Waals surface area contributed by atoms with Crippen LogP contribution in [-0.2, 0) is 9.53 Å². The van der Waals surface area contributed by atoms with Gasteiger partial charge in [0.25, 0.3) is 0 Å². The van der Waals surface area contributed by atoms with Gasteiger partial charge in [-0.1, -0.05) is 19.3 Å². The summed E-state index contributed by atoms with van der Waals surface area (Å²) in [6.45, 7) is 0.841. The van der Waals surface area contributed by atoms with Crippen LogP contribution in [-0.4, -0.2) is 34.8 Å². The molecular formula is C16H26O3S. The molecule has 0 bridgehead atoms. The van der Waals surface area contributed by atoms with Gasteiger partial charge in [0, 0.05) is 12.4 Å². The molecule has 2 heterocycles. The van der Waals surface area contributed by atoms with Crippen LogP contribution in [0.2, 0.25) is 0 Å². The Hall–Kier alpha value is -0.220. The van der Waals surface area contributed by atoms with Crippen LogP contribution >= 0.6 is 11.8 Å². The van der Waals surface area contributed by atoms with Gasteiger partial charge in [-0.3, -0.25) is 4.79 Å². The summed E-state index contributed by atoms with van der Waals surface area (Å²) in [6.07, 6.45) is 8.87. The van der Waals surface area contributed by atoms with E-state index in [1.165, 1.54) is 25.0 Å². The van der Waals surface area contributed by atoms with Gasteiger partial charge in [0.2, 0.25) is 0 Å². The Morgan fingerprint density at radius 1 is 1.20 bits per heavy atom. The fourth-order valence-corrected chi connectivity index (χ4v) is 5.88. The minimum atomic E-state index is -0.557. The first kappa shape index (κ1) is 14.7. The average Bonchev–Trinajstić information content (AvgIpc) is 2.75. The highest BCUT2D eigenvalue weighted by Crippen LogP contribution is 2.46. The molecule has 0 aromatic carbocycles. The van der Waals surface area contributed by atoms with Crippen molar-refractivity contribution in [3.8, 4) is 0 Å². The molecule has 1 saturated carbocycles. The third kappa shape index (κ3) is 3.01. The van der Waals surface area contributed by atoms with E-state index in [-0.39, 0.29) is 11.5 Å². The van der Waals surface area contributed by atoms with Crippen molar-refractivity contribution in [1.29, 1.82) is 0 Å². The molecule has 1 aliphatic carbocycles. The first-order valence-corrected chi connectivity index (χ1v) is 9.30. The molecule has 0 amide bonds. The minimum absolute atomic E-state index is 0.0863. The zero-order valence-corrected chi connectivity index (χ0v) is 13.0. The number of ether oxygens (including phenoxy) is 1. The average molecular weight is 298 g/mol. The Morgan fingerprint density at radius 2 is 2.05 bits per heavy atom. The summed E-state index contributed by atoms with van der Waals surface area (Å²) in [5.41, 5.74) is 0.0863. The summed E-state index contributed by atoms with van der Waals surface area (Å²) in [5.74, 6) is 2.63. The second-order valence-electron chi connectivity index (χ2n) is 6.83. The fourth-order valence-electron chi connectivity index (χ4n) is 4.50. The quantitative estimate of drug-likeness (QED) is 0.792.